The normalized spacial score (nSPS) is 10.3. The summed E-state index contributed by atoms with van der Waals surface area (Å²) in [5.41, 5.74) is 8.03. The van der Waals surface area contributed by atoms with Gasteiger partial charge in [0.15, 0.2) is 0 Å². The van der Waals surface area contributed by atoms with Gasteiger partial charge >= 0.3 is 0 Å². The maximum Gasteiger partial charge on any atom is 0.137 e. The van der Waals surface area contributed by atoms with Crippen molar-refractivity contribution in [2.45, 2.75) is 6.92 Å². The van der Waals surface area contributed by atoms with Gasteiger partial charge in [-0.2, -0.15) is 0 Å². The summed E-state index contributed by atoms with van der Waals surface area (Å²) in [7, 11) is 0. The van der Waals surface area contributed by atoms with Crippen LogP contribution in [0.3, 0.4) is 0 Å². The molecule has 0 aliphatic heterocycles. The van der Waals surface area contributed by atoms with Crippen molar-refractivity contribution in [2.75, 3.05) is 11.1 Å². The van der Waals surface area contributed by atoms with Gasteiger partial charge < -0.3 is 11.1 Å². The monoisotopic (exact) mass is 295 g/mol. The van der Waals surface area contributed by atoms with Crippen molar-refractivity contribution in [3.63, 3.8) is 0 Å². The fourth-order valence-electron chi connectivity index (χ4n) is 1.36. The maximum atomic E-state index is 13.0. The van der Waals surface area contributed by atoms with Crippen LogP contribution in [-0.4, -0.2) is 4.98 Å². The maximum absolute atomic E-state index is 13.0. The first-order valence-corrected chi connectivity index (χ1v) is 5.80. The van der Waals surface area contributed by atoms with Crippen LogP contribution >= 0.6 is 15.9 Å². The average molecular weight is 296 g/mol. The van der Waals surface area contributed by atoms with Crippen LogP contribution in [0, 0.1) is 12.7 Å². The third kappa shape index (κ3) is 2.74. The van der Waals surface area contributed by atoms with E-state index in [-0.39, 0.29) is 5.82 Å². The number of nitrogens with two attached hydrogens (primary N) is 1. The molecule has 0 radical (unpaired) electrons. The van der Waals surface area contributed by atoms with Crippen LogP contribution in [0.15, 0.2) is 34.9 Å². The van der Waals surface area contributed by atoms with E-state index in [1.165, 1.54) is 6.07 Å². The molecule has 2 rings (SSSR count). The van der Waals surface area contributed by atoms with Gasteiger partial charge in [0.05, 0.1) is 16.4 Å². The zero-order valence-corrected chi connectivity index (χ0v) is 10.8. The van der Waals surface area contributed by atoms with Gasteiger partial charge in [0, 0.05) is 5.69 Å². The molecule has 1 aromatic carbocycles. The number of halogens is 2. The van der Waals surface area contributed by atoms with Crippen molar-refractivity contribution in [3.8, 4) is 0 Å². The van der Waals surface area contributed by atoms with Crippen molar-refractivity contribution in [1.29, 1.82) is 0 Å². The number of hydrogen-bond donors (Lipinski definition) is 2. The fraction of sp³-hybridized carbons (Fsp3) is 0.0833. The Hall–Kier alpha value is -1.62. The van der Waals surface area contributed by atoms with Crippen LogP contribution in [-0.2, 0) is 0 Å². The summed E-state index contributed by atoms with van der Waals surface area (Å²) in [6.45, 7) is 1.91. The summed E-state index contributed by atoms with van der Waals surface area (Å²) in [6.07, 6.45) is 1.59. The Bertz CT molecular complexity index is 508. The minimum absolute atomic E-state index is 0.294. The summed E-state index contributed by atoms with van der Waals surface area (Å²) in [5.74, 6) is 0.382. The molecule has 0 amide bonds. The van der Waals surface area contributed by atoms with Crippen LogP contribution in [0.4, 0.5) is 21.6 Å². The van der Waals surface area contributed by atoms with E-state index >= 15 is 0 Å². The lowest BCUT2D eigenvalue weighted by molar-refractivity contribution is 0.621. The summed E-state index contributed by atoms with van der Waals surface area (Å²) in [5, 5.41) is 3.08. The molecular weight excluding hydrogens is 285 g/mol. The Labute approximate surface area is 107 Å². The number of aromatic nitrogens is 1. The second kappa shape index (κ2) is 4.71. The van der Waals surface area contributed by atoms with Gasteiger partial charge in [-0.1, -0.05) is 0 Å². The second-order valence-electron chi connectivity index (χ2n) is 3.68. The molecule has 3 N–H and O–H groups in total. The molecule has 5 heteroatoms. The Morgan fingerprint density at radius 1 is 1.35 bits per heavy atom. The van der Waals surface area contributed by atoms with Gasteiger partial charge in [-0.3, -0.25) is 0 Å². The summed E-state index contributed by atoms with van der Waals surface area (Å²) in [6, 6.07) is 6.53. The van der Waals surface area contributed by atoms with E-state index in [4.69, 9.17) is 5.73 Å². The van der Waals surface area contributed by atoms with E-state index in [1.807, 2.05) is 13.0 Å². The highest BCUT2D eigenvalue weighted by molar-refractivity contribution is 9.10. The molecule has 0 atom stereocenters. The number of nitrogens with zero attached hydrogens (tertiary/aromatic N) is 1. The Kier molecular flexibility index (Phi) is 3.28. The summed E-state index contributed by atoms with van der Waals surface area (Å²) >= 11 is 3.13. The van der Waals surface area contributed by atoms with Crippen LogP contribution in [0.25, 0.3) is 0 Å². The van der Waals surface area contributed by atoms with Crippen LogP contribution in [0.5, 0.6) is 0 Å². The quantitative estimate of drug-likeness (QED) is 0.890. The predicted molar refractivity (Wildman–Crippen MR) is 70.8 cm³/mol. The first kappa shape index (κ1) is 11.9. The number of nitrogen functional groups attached to an aromatic ring is 1. The standard InChI is InChI=1S/C12H11BrFN3/c1-7-4-12(16-6-11(7)15)17-8-2-3-10(14)9(13)5-8/h2-6H,15H2,1H3,(H,16,17). The summed E-state index contributed by atoms with van der Waals surface area (Å²) in [4.78, 5) is 4.14. The molecule has 0 unspecified atom stereocenters. The number of aryl methyl sites for hydroxylation is 1. The van der Waals surface area contributed by atoms with Crippen LogP contribution in [0.1, 0.15) is 5.56 Å². The second-order valence-corrected chi connectivity index (χ2v) is 4.53. The number of rotatable bonds is 2. The van der Waals surface area contributed by atoms with E-state index in [0.29, 0.717) is 16.0 Å². The molecule has 0 bridgehead atoms. The van der Waals surface area contributed by atoms with Gasteiger partial charge in [0.25, 0.3) is 0 Å². The molecule has 1 aromatic heterocycles. The van der Waals surface area contributed by atoms with Gasteiger partial charge in [-0.25, -0.2) is 9.37 Å². The molecule has 2 aromatic rings. The number of pyridine rings is 1. The Balaban J connectivity index is 2.25. The number of nitrogens with one attached hydrogen (secondary N) is 1. The lowest BCUT2D eigenvalue weighted by atomic mass is 10.2. The SMILES string of the molecule is Cc1cc(Nc2ccc(F)c(Br)c2)ncc1N. The molecule has 0 saturated heterocycles. The average Bonchev–Trinajstić information content (AvgIpc) is 2.29. The van der Waals surface area contributed by atoms with Gasteiger partial charge in [-0.15, -0.1) is 0 Å². The third-order valence-electron chi connectivity index (χ3n) is 2.34. The van der Waals surface area contributed by atoms with Crippen LogP contribution < -0.4 is 11.1 Å². The summed E-state index contributed by atoms with van der Waals surface area (Å²) < 4.78 is 13.5. The zero-order valence-electron chi connectivity index (χ0n) is 9.17. The number of hydrogen-bond acceptors (Lipinski definition) is 3. The fourth-order valence-corrected chi connectivity index (χ4v) is 1.74. The first-order chi connectivity index (χ1) is 8.06. The van der Waals surface area contributed by atoms with E-state index < -0.39 is 0 Å². The largest absolute Gasteiger partial charge is 0.397 e. The molecule has 1 heterocycles. The zero-order chi connectivity index (χ0) is 12.4. The van der Waals surface area contributed by atoms with Crippen molar-refractivity contribution < 1.29 is 4.39 Å². The Morgan fingerprint density at radius 2 is 2.12 bits per heavy atom. The van der Waals surface area contributed by atoms with Crippen molar-refractivity contribution >= 4 is 33.1 Å². The minimum Gasteiger partial charge on any atom is -0.397 e. The highest BCUT2D eigenvalue weighted by Gasteiger charge is 2.02. The molecule has 0 fully saturated rings. The van der Waals surface area contributed by atoms with Gasteiger partial charge in [-0.05, 0) is 52.7 Å². The third-order valence-corrected chi connectivity index (χ3v) is 2.95. The molecule has 3 nitrogen and oxygen atoms in total. The van der Waals surface area contributed by atoms with Gasteiger partial charge in [0.2, 0.25) is 0 Å². The van der Waals surface area contributed by atoms with E-state index in [2.05, 4.69) is 26.2 Å². The highest BCUT2D eigenvalue weighted by atomic mass is 79.9. The van der Waals surface area contributed by atoms with E-state index in [9.17, 15) is 4.39 Å². The van der Waals surface area contributed by atoms with E-state index in [1.54, 1.807) is 18.3 Å². The van der Waals surface area contributed by atoms with Crippen LogP contribution in [0.2, 0.25) is 0 Å². The van der Waals surface area contributed by atoms with Gasteiger partial charge in [0.1, 0.15) is 11.6 Å². The molecular formula is C12H11BrFN3. The van der Waals surface area contributed by atoms with Crippen molar-refractivity contribution in [2.24, 2.45) is 0 Å². The smallest absolute Gasteiger partial charge is 0.137 e. The molecule has 0 saturated carbocycles. The lowest BCUT2D eigenvalue weighted by Gasteiger charge is -2.08. The molecule has 0 spiro atoms. The highest BCUT2D eigenvalue weighted by Crippen LogP contribution is 2.23. The number of benzene rings is 1. The molecule has 88 valence electrons. The predicted octanol–water partition coefficient (Wildman–Crippen LogP) is 3.62. The Morgan fingerprint density at radius 3 is 2.76 bits per heavy atom. The lowest BCUT2D eigenvalue weighted by Crippen LogP contribution is -1.97. The topological polar surface area (TPSA) is 50.9 Å². The minimum atomic E-state index is -0.294. The van der Waals surface area contributed by atoms with E-state index in [0.717, 1.165) is 11.3 Å². The number of anilines is 3. The molecule has 0 aliphatic rings. The van der Waals surface area contributed by atoms with Crippen molar-refractivity contribution in [3.05, 3.63) is 46.3 Å². The molecule has 0 aliphatic carbocycles. The first-order valence-electron chi connectivity index (χ1n) is 5.00. The molecule has 17 heavy (non-hydrogen) atoms. The van der Waals surface area contributed by atoms with Crippen molar-refractivity contribution in [1.82, 2.24) is 4.98 Å².